The van der Waals surface area contributed by atoms with Crippen LogP contribution < -0.4 is 15.4 Å². The minimum absolute atomic E-state index is 0.0967. The molecular weight excluding hydrogens is 252 g/mol. The van der Waals surface area contributed by atoms with Crippen LogP contribution in [0.5, 0.6) is 5.75 Å². The second kappa shape index (κ2) is 6.75. The lowest BCUT2D eigenvalue weighted by Crippen LogP contribution is -2.44. The van der Waals surface area contributed by atoms with Crippen LogP contribution in [0.4, 0.5) is 0 Å². The van der Waals surface area contributed by atoms with Gasteiger partial charge in [-0.1, -0.05) is 19.1 Å². The van der Waals surface area contributed by atoms with Crippen molar-refractivity contribution in [3.63, 3.8) is 0 Å². The molecule has 0 aromatic heterocycles. The van der Waals surface area contributed by atoms with Crippen LogP contribution in [0.15, 0.2) is 24.3 Å². The van der Waals surface area contributed by atoms with Gasteiger partial charge >= 0.3 is 0 Å². The van der Waals surface area contributed by atoms with Crippen molar-refractivity contribution in [3.8, 4) is 5.75 Å². The van der Waals surface area contributed by atoms with Crippen molar-refractivity contribution in [2.45, 2.75) is 51.2 Å². The molecule has 0 unspecified atom stereocenters. The summed E-state index contributed by atoms with van der Waals surface area (Å²) in [4.78, 5) is 12.0. The molecule has 0 spiro atoms. The van der Waals surface area contributed by atoms with Gasteiger partial charge in [-0.15, -0.1) is 0 Å². The van der Waals surface area contributed by atoms with E-state index in [1.807, 2.05) is 31.2 Å². The molecular formula is C16H24N2O2. The Morgan fingerprint density at radius 3 is 2.50 bits per heavy atom. The molecule has 2 atom stereocenters. The number of carbonyl (C=O) groups excluding carboxylic acids is 1. The molecule has 0 aliphatic heterocycles. The molecule has 1 saturated carbocycles. The molecule has 4 nitrogen and oxygen atoms in total. The van der Waals surface area contributed by atoms with Crippen LogP contribution in [0.1, 0.15) is 44.7 Å². The number of hydrogen-bond acceptors (Lipinski definition) is 3. The Labute approximate surface area is 120 Å². The molecule has 0 radical (unpaired) electrons. The molecule has 1 aromatic rings. The van der Waals surface area contributed by atoms with Gasteiger partial charge in [0.25, 0.3) is 0 Å². The first-order valence-electron chi connectivity index (χ1n) is 7.34. The Bertz CT molecular complexity index is 440. The molecule has 0 saturated heterocycles. The number of rotatable bonds is 7. The zero-order valence-electron chi connectivity index (χ0n) is 12.5. The van der Waals surface area contributed by atoms with Crippen molar-refractivity contribution in [1.29, 1.82) is 0 Å². The summed E-state index contributed by atoms with van der Waals surface area (Å²) < 4.78 is 5.17. The molecule has 2 rings (SSSR count). The van der Waals surface area contributed by atoms with E-state index in [0.717, 1.165) is 25.0 Å². The summed E-state index contributed by atoms with van der Waals surface area (Å²) in [6.07, 6.45) is 3.18. The predicted molar refractivity (Wildman–Crippen MR) is 79.8 cm³/mol. The summed E-state index contributed by atoms with van der Waals surface area (Å²) in [5, 5.41) is 6.43. The average molecular weight is 276 g/mol. The SMILES string of the molecule is CC[C@@H](N[C@H](C)C(=O)NC1CC1)c1ccc(OC)cc1. The summed E-state index contributed by atoms with van der Waals surface area (Å²) in [7, 11) is 1.66. The van der Waals surface area contributed by atoms with E-state index < -0.39 is 0 Å². The van der Waals surface area contributed by atoms with Gasteiger partial charge in [0.15, 0.2) is 0 Å². The third-order valence-electron chi connectivity index (χ3n) is 3.69. The van der Waals surface area contributed by atoms with Crippen LogP contribution >= 0.6 is 0 Å². The molecule has 1 aliphatic carbocycles. The highest BCUT2D eigenvalue weighted by Crippen LogP contribution is 2.21. The van der Waals surface area contributed by atoms with E-state index in [1.54, 1.807) is 7.11 Å². The first-order valence-corrected chi connectivity index (χ1v) is 7.34. The van der Waals surface area contributed by atoms with E-state index in [-0.39, 0.29) is 18.0 Å². The molecule has 1 amide bonds. The first-order chi connectivity index (χ1) is 9.63. The Balaban J connectivity index is 1.94. The van der Waals surface area contributed by atoms with Crippen molar-refractivity contribution in [3.05, 3.63) is 29.8 Å². The summed E-state index contributed by atoms with van der Waals surface area (Å²) in [6.45, 7) is 4.04. The summed E-state index contributed by atoms with van der Waals surface area (Å²) >= 11 is 0. The number of carbonyl (C=O) groups is 1. The highest BCUT2D eigenvalue weighted by Gasteiger charge is 2.26. The molecule has 0 bridgehead atoms. The lowest BCUT2D eigenvalue weighted by atomic mass is 10.0. The van der Waals surface area contributed by atoms with Crippen LogP contribution in [0.2, 0.25) is 0 Å². The van der Waals surface area contributed by atoms with E-state index in [4.69, 9.17) is 4.74 Å². The van der Waals surface area contributed by atoms with Gasteiger partial charge in [-0.25, -0.2) is 0 Å². The van der Waals surface area contributed by atoms with Crippen molar-refractivity contribution in [2.24, 2.45) is 0 Å². The van der Waals surface area contributed by atoms with Crippen LogP contribution in [0.25, 0.3) is 0 Å². The molecule has 2 N–H and O–H groups in total. The molecule has 4 heteroatoms. The van der Waals surface area contributed by atoms with Gasteiger partial charge in [0.2, 0.25) is 5.91 Å². The van der Waals surface area contributed by atoms with Crippen LogP contribution in [0.3, 0.4) is 0 Å². The summed E-state index contributed by atoms with van der Waals surface area (Å²) in [5.74, 6) is 0.947. The number of nitrogens with one attached hydrogen (secondary N) is 2. The fourth-order valence-electron chi connectivity index (χ4n) is 2.22. The van der Waals surface area contributed by atoms with Crippen molar-refractivity contribution < 1.29 is 9.53 Å². The van der Waals surface area contributed by atoms with Crippen molar-refractivity contribution in [1.82, 2.24) is 10.6 Å². The Morgan fingerprint density at radius 1 is 1.35 bits per heavy atom. The van der Waals surface area contributed by atoms with Crippen molar-refractivity contribution >= 4 is 5.91 Å². The molecule has 0 heterocycles. The quantitative estimate of drug-likeness (QED) is 0.804. The Kier molecular flexibility index (Phi) is 5.01. The third kappa shape index (κ3) is 3.97. The van der Waals surface area contributed by atoms with E-state index in [2.05, 4.69) is 17.6 Å². The van der Waals surface area contributed by atoms with Gasteiger partial charge < -0.3 is 10.1 Å². The van der Waals surface area contributed by atoms with E-state index in [1.165, 1.54) is 5.56 Å². The molecule has 1 aliphatic rings. The third-order valence-corrected chi connectivity index (χ3v) is 3.69. The number of methoxy groups -OCH3 is 1. The smallest absolute Gasteiger partial charge is 0.237 e. The molecule has 20 heavy (non-hydrogen) atoms. The monoisotopic (exact) mass is 276 g/mol. The normalized spacial score (nSPS) is 17.4. The highest BCUT2D eigenvalue weighted by molar-refractivity contribution is 5.81. The average Bonchev–Trinajstić information content (AvgIpc) is 3.28. The van der Waals surface area contributed by atoms with Gasteiger partial charge in [-0.2, -0.15) is 0 Å². The minimum Gasteiger partial charge on any atom is -0.497 e. The summed E-state index contributed by atoms with van der Waals surface area (Å²) in [6, 6.07) is 8.41. The van der Waals surface area contributed by atoms with E-state index >= 15 is 0 Å². The zero-order valence-corrected chi connectivity index (χ0v) is 12.5. The largest absolute Gasteiger partial charge is 0.497 e. The van der Waals surface area contributed by atoms with E-state index in [9.17, 15) is 4.79 Å². The van der Waals surface area contributed by atoms with Crippen molar-refractivity contribution in [2.75, 3.05) is 7.11 Å². The van der Waals surface area contributed by atoms with Crippen LogP contribution in [0, 0.1) is 0 Å². The predicted octanol–water partition coefficient (Wildman–Crippen LogP) is 2.40. The molecule has 1 fully saturated rings. The molecule has 110 valence electrons. The lowest BCUT2D eigenvalue weighted by molar-refractivity contribution is -0.123. The van der Waals surface area contributed by atoms with E-state index in [0.29, 0.717) is 6.04 Å². The lowest BCUT2D eigenvalue weighted by Gasteiger charge is -2.22. The fraction of sp³-hybridized carbons (Fsp3) is 0.562. The minimum atomic E-state index is -0.178. The second-order valence-corrected chi connectivity index (χ2v) is 5.41. The highest BCUT2D eigenvalue weighted by atomic mass is 16.5. The number of benzene rings is 1. The Hall–Kier alpha value is -1.55. The van der Waals surface area contributed by atoms with Gasteiger partial charge in [0, 0.05) is 12.1 Å². The number of hydrogen-bond donors (Lipinski definition) is 2. The van der Waals surface area contributed by atoms with Gasteiger partial charge in [0.1, 0.15) is 5.75 Å². The van der Waals surface area contributed by atoms with Gasteiger partial charge in [0.05, 0.1) is 13.2 Å². The standard InChI is InChI=1S/C16H24N2O2/c1-4-15(12-5-9-14(20-3)10-6-12)17-11(2)16(19)18-13-7-8-13/h5-6,9-11,13,15,17H,4,7-8H2,1-3H3,(H,18,19)/t11-,15-/m1/s1. The van der Waals surface area contributed by atoms with Gasteiger partial charge in [-0.05, 0) is 43.9 Å². The van der Waals surface area contributed by atoms with Crippen LogP contribution in [-0.4, -0.2) is 25.1 Å². The second-order valence-electron chi connectivity index (χ2n) is 5.41. The van der Waals surface area contributed by atoms with Gasteiger partial charge in [-0.3, -0.25) is 10.1 Å². The fourth-order valence-corrected chi connectivity index (χ4v) is 2.22. The maximum atomic E-state index is 12.0. The Morgan fingerprint density at radius 2 is 2.00 bits per heavy atom. The number of ether oxygens (including phenoxy) is 1. The topological polar surface area (TPSA) is 50.4 Å². The first kappa shape index (κ1) is 14.9. The summed E-state index contributed by atoms with van der Waals surface area (Å²) in [5.41, 5.74) is 1.18. The van der Waals surface area contributed by atoms with Crippen LogP contribution in [-0.2, 0) is 4.79 Å². The molecule has 1 aromatic carbocycles. The maximum Gasteiger partial charge on any atom is 0.237 e. The number of amides is 1. The zero-order chi connectivity index (χ0) is 14.5. The maximum absolute atomic E-state index is 12.0.